The van der Waals surface area contributed by atoms with Crippen LogP contribution in [0.25, 0.3) is 145 Å². The lowest BCUT2D eigenvalue weighted by atomic mass is 9.85. The van der Waals surface area contributed by atoms with Gasteiger partial charge in [-0.15, -0.1) is 0 Å². The van der Waals surface area contributed by atoms with Gasteiger partial charge in [-0.1, -0.05) is 394 Å². The summed E-state index contributed by atoms with van der Waals surface area (Å²) in [6.07, 6.45) is 3.77. The van der Waals surface area contributed by atoms with E-state index in [1.54, 1.807) is 0 Å². The molecule has 0 atom stereocenters. The summed E-state index contributed by atoms with van der Waals surface area (Å²) < 4.78 is 0. The van der Waals surface area contributed by atoms with Crippen molar-refractivity contribution < 1.29 is 0 Å². The first-order valence-corrected chi connectivity index (χ1v) is 37.7. The summed E-state index contributed by atoms with van der Waals surface area (Å²) in [7, 11) is 0. The van der Waals surface area contributed by atoms with Crippen LogP contribution in [0.5, 0.6) is 0 Å². The van der Waals surface area contributed by atoms with Crippen molar-refractivity contribution >= 4 is 54.6 Å². The minimum atomic E-state index is 0.627. The van der Waals surface area contributed by atoms with Crippen LogP contribution >= 0.6 is 0 Å². The van der Waals surface area contributed by atoms with E-state index in [0.29, 0.717) is 34.9 Å². The summed E-state index contributed by atoms with van der Waals surface area (Å²) >= 11 is 0. The Hall–Kier alpha value is -15.1. The maximum Gasteiger partial charge on any atom is 0.164 e. The van der Waals surface area contributed by atoms with E-state index in [9.17, 15) is 0 Å². The predicted molar refractivity (Wildman–Crippen MR) is 462 cm³/mol. The van der Waals surface area contributed by atoms with Crippen molar-refractivity contribution in [3.05, 3.63) is 475 Å². The highest BCUT2D eigenvalue weighted by molar-refractivity contribution is 6.25. The van der Waals surface area contributed by atoms with E-state index in [1.165, 1.54) is 54.6 Å². The quantitative estimate of drug-likeness (QED) is 0.0703. The first kappa shape index (κ1) is 68.7. The van der Waals surface area contributed by atoms with Gasteiger partial charge in [-0.3, -0.25) is 4.98 Å². The highest BCUT2D eigenvalue weighted by Gasteiger charge is 2.22. The number of fused-ring (bicyclic) bond motifs is 6. The fraction of sp³-hybridized carbons (Fsp3) is 0. The Morgan fingerprint density at radius 3 is 0.705 bits per heavy atom. The summed E-state index contributed by atoms with van der Waals surface area (Å²) in [5.41, 5.74) is 23.9. The number of pyridine rings is 1. The third-order valence-electron chi connectivity index (χ3n) is 20.4. The number of hydrogen-bond donors (Lipinski definition) is 0. The Morgan fingerprint density at radius 2 is 0.375 bits per heavy atom. The van der Waals surface area contributed by atoms with Crippen molar-refractivity contribution in [1.82, 2.24) is 34.9 Å². The van der Waals surface area contributed by atoms with Crippen molar-refractivity contribution in [2.24, 2.45) is 0 Å². The lowest BCUT2D eigenvalue weighted by Crippen LogP contribution is -2.00. The monoisotopic (exact) mass is 1430 g/mol. The third kappa shape index (κ3) is 14.6. The van der Waals surface area contributed by atoms with Gasteiger partial charge in [0.2, 0.25) is 0 Å². The molecule has 19 aromatic rings. The summed E-state index contributed by atoms with van der Waals surface area (Å²) in [5, 5.41) is 7.33. The summed E-state index contributed by atoms with van der Waals surface area (Å²) in [6, 6.07) is 146. The van der Waals surface area contributed by atoms with Gasteiger partial charge in [-0.2, -0.15) is 0 Å². The van der Waals surface area contributed by atoms with E-state index in [-0.39, 0.29) is 0 Å². The molecule has 3 aromatic heterocycles. The zero-order chi connectivity index (χ0) is 74.8. The van der Waals surface area contributed by atoms with Gasteiger partial charge >= 0.3 is 0 Å². The Bertz CT molecular complexity index is 6410. The molecule has 0 saturated carbocycles. The van der Waals surface area contributed by atoms with E-state index in [0.717, 1.165) is 100 Å². The van der Waals surface area contributed by atoms with E-state index in [4.69, 9.17) is 29.9 Å². The Kier molecular flexibility index (Phi) is 19.5. The van der Waals surface area contributed by atoms with Crippen molar-refractivity contribution in [2.75, 3.05) is 0 Å². The topological polar surface area (TPSA) is 90.2 Å². The van der Waals surface area contributed by atoms with Gasteiger partial charge in [0.15, 0.2) is 34.9 Å². The second-order valence-electron chi connectivity index (χ2n) is 27.5. The van der Waals surface area contributed by atoms with Crippen LogP contribution < -0.4 is 0 Å². The zero-order valence-corrected chi connectivity index (χ0v) is 61.1. The fourth-order valence-corrected chi connectivity index (χ4v) is 15.0. The largest absolute Gasteiger partial charge is 0.264 e. The van der Waals surface area contributed by atoms with Crippen LogP contribution in [0.15, 0.2) is 431 Å². The molecule has 0 spiro atoms. The molecule has 0 aliphatic rings. The number of rotatable bonds is 16. The summed E-state index contributed by atoms with van der Waals surface area (Å²) in [5.74, 6) is 3.83. The summed E-state index contributed by atoms with van der Waals surface area (Å²) in [6.45, 7) is 0. The molecule has 0 N–H and O–H groups in total. The van der Waals surface area contributed by atoms with Gasteiger partial charge in [-0.25, -0.2) is 29.9 Å². The van der Waals surface area contributed by atoms with Crippen LogP contribution in [0.3, 0.4) is 0 Å². The molecule has 0 aliphatic heterocycles. The molecule has 0 saturated heterocycles. The smallest absolute Gasteiger partial charge is 0.164 e. The second kappa shape index (κ2) is 31.8. The number of hydrogen-bond acceptors (Lipinski definition) is 7. The minimum Gasteiger partial charge on any atom is -0.264 e. The molecule has 0 radical (unpaired) electrons. The van der Waals surface area contributed by atoms with Crippen molar-refractivity contribution in [3.8, 4) is 90.6 Å². The van der Waals surface area contributed by atoms with Gasteiger partial charge in [-0.05, 0) is 140 Å². The lowest BCUT2D eigenvalue weighted by molar-refractivity contribution is 1.07. The van der Waals surface area contributed by atoms with Crippen LogP contribution in [0.2, 0.25) is 0 Å². The molecule has 7 heteroatoms. The first-order valence-electron chi connectivity index (χ1n) is 37.7. The zero-order valence-electron chi connectivity index (χ0n) is 61.1. The Balaban J connectivity index is 0.000000160. The number of benzene rings is 16. The van der Waals surface area contributed by atoms with E-state index < -0.39 is 0 Å². The molecule has 3 heterocycles. The molecule has 0 bridgehead atoms. The molecule has 526 valence electrons. The minimum absolute atomic E-state index is 0.627. The van der Waals surface area contributed by atoms with Crippen LogP contribution in [-0.2, 0) is 0 Å². The van der Waals surface area contributed by atoms with E-state index >= 15 is 0 Å². The van der Waals surface area contributed by atoms with Gasteiger partial charge in [0.05, 0.1) is 0 Å². The predicted octanol–water partition coefficient (Wildman–Crippen LogP) is 25.9. The van der Waals surface area contributed by atoms with E-state index in [2.05, 4.69) is 339 Å². The molecule has 0 amide bonds. The molecule has 112 heavy (non-hydrogen) atoms. The van der Waals surface area contributed by atoms with Crippen molar-refractivity contribution in [1.29, 1.82) is 0 Å². The molecule has 0 unspecified atom stereocenters. The molecular formula is C105H71N7. The highest BCUT2D eigenvalue weighted by Crippen LogP contribution is 2.43. The maximum atomic E-state index is 5.17. The molecule has 0 aliphatic carbocycles. The van der Waals surface area contributed by atoms with Gasteiger partial charge in [0, 0.05) is 51.3 Å². The fourth-order valence-electron chi connectivity index (χ4n) is 15.0. The molecule has 7 nitrogen and oxygen atoms in total. The van der Waals surface area contributed by atoms with E-state index in [1.807, 2.05) is 97.3 Å². The third-order valence-corrected chi connectivity index (χ3v) is 20.4. The average molecular weight is 1430 g/mol. The first-order chi connectivity index (χ1) is 55.5. The normalized spacial score (nSPS) is 11.4. The van der Waals surface area contributed by atoms with Crippen LogP contribution in [0, 0.1) is 0 Å². The lowest BCUT2D eigenvalue weighted by Gasteiger charge is -2.19. The number of nitrogens with zero attached hydrogens (tertiary/aromatic N) is 7. The molecular weight excluding hydrogens is 1360 g/mol. The van der Waals surface area contributed by atoms with Gasteiger partial charge in [0.25, 0.3) is 0 Å². The van der Waals surface area contributed by atoms with Gasteiger partial charge in [0.1, 0.15) is 0 Å². The SMILES string of the molecule is c1ccc(/C(=C(\c2ccccc2)c2cccc(-c3ccc(-c4nc(-c5ccccc5)nc(-c5ccccc5)n4)cc3)c2)c2cccnc2)cc1.c1ccc(C(=C(c2ccccc2)c2cccc(-c3ccc(-c4nc(-c5ccccc5)nc(-c5ccc6c7ccccc7c7ccccc7c6c5)n4)cc3)c2)c2ccccc2)cc1. The van der Waals surface area contributed by atoms with Crippen LogP contribution in [-0.4, -0.2) is 34.9 Å². The maximum absolute atomic E-state index is 5.17. The summed E-state index contributed by atoms with van der Waals surface area (Å²) in [4.78, 5) is 34.5. The van der Waals surface area contributed by atoms with Crippen LogP contribution in [0.4, 0.5) is 0 Å². The number of aromatic nitrogens is 7. The van der Waals surface area contributed by atoms with Crippen LogP contribution in [0.1, 0.15) is 44.5 Å². The molecule has 16 aromatic carbocycles. The standard InChI is InChI=1S/C59H39N3.C46H32N4/c1-5-18-41(19-6-1)55(42-20-7-2-8-21-42)56(43-22-9-3-10-23-43)47-27-17-26-46(38-47)40-32-34-45(35-33-40)58-60-57(44-24-11-4-12-25-44)61-59(62-58)48-36-37-53-51-30-14-13-28-49(51)50-29-15-16-31-52(50)54(53)39-48;1-5-15-34(16-6-1)42(43(35-17-7-2-8-18-35)41-25-14-30-47-32-41)40-24-13-23-39(31-40)33-26-28-38(29-27-33)46-49-44(36-19-9-3-10-20-36)48-45(50-46)37-21-11-4-12-22-37/h1-39H;1-32H/b;43-42-. The second-order valence-corrected chi connectivity index (χ2v) is 27.5. The average Bonchev–Trinajstić information content (AvgIpc) is 0.737. The highest BCUT2D eigenvalue weighted by atomic mass is 15.0. The molecule has 19 rings (SSSR count). The Labute approximate surface area is 651 Å². The molecule has 0 fully saturated rings. The van der Waals surface area contributed by atoms with Gasteiger partial charge < -0.3 is 0 Å². The van der Waals surface area contributed by atoms with Crippen molar-refractivity contribution in [3.63, 3.8) is 0 Å². The Morgan fingerprint density at radius 1 is 0.143 bits per heavy atom. The van der Waals surface area contributed by atoms with Crippen molar-refractivity contribution in [2.45, 2.75) is 0 Å².